The molecule has 1 aromatic rings. The van der Waals surface area contributed by atoms with Crippen LogP contribution in [-0.2, 0) is 17.5 Å². The van der Waals surface area contributed by atoms with Crippen molar-refractivity contribution in [2.45, 2.75) is 38.0 Å². The van der Waals surface area contributed by atoms with Gasteiger partial charge in [0.2, 0.25) is 5.91 Å². The van der Waals surface area contributed by atoms with Crippen molar-refractivity contribution in [3.05, 3.63) is 47.0 Å². The second-order valence-corrected chi connectivity index (χ2v) is 7.32. The summed E-state index contributed by atoms with van der Waals surface area (Å²) in [6, 6.07) is 5.46. The standard InChI is InChI=1S/C19H22F3N3O/c20-19(21,22)15-3-1-2-13(10-15)11-25(16-4-5-16)18(26)17-7-9-24-12-14(17)6-8-23-24/h1-3,7,10,14,16,23H,4-6,8-9,11-12H2. The number of fused-ring (bicyclic) bond motifs is 2. The average molecular weight is 365 g/mol. The van der Waals surface area contributed by atoms with Crippen LogP contribution in [0.3, 0.4) is 0 Å². The van der Waals surface area contributed by atoms with E-state index in [1.54, 1.807) is 11.0 Å². The van der Waals surface area contributed by atoms with Gasteiger partial charge in [-0.2, -0.15) is 13.2 Å². The zero-order chi connectivity index (χ0) is 18.3. The first-order chi connectivity index (χ1) is 12.4. The lowest BCUT2D eigenvalue weighted by atomic mass is 9.89. The fourth-order valence-corrected chi connectivity index (χ4v) is 3.81. The van der Waals surface area contributed by atoms with E-state index in [0.29, 0.717) is 12.1 Å². The molecule has 2 bridgehead atoms. The molecule has 2 heterocycles. The minimum Gasteiger partial charge on any atom is -0.332 e. The van der Waals surface area contributed by atoms with Crippen LogP contribution in [0.2, 0.25) is 0 Å². The van der Waals surface area contributed by atoms with Crippen LogP contribution in [0.1, 0.15) is 30.4 Å². The molecular formula is C19H22F3N3O. The number of hydrogen-bond donors (Lipinski definition) is 1. The third kappa shape index (κ3) is 3.64. The fraction of sp³-hybridized carbons (Fsp3) is 0.526. The maximum absolute atomic E-state index is 13.2. The van der Waals surface area contributed by atoms with Crippen molar-refractivity contribution in [3.8, 4) is 0 Å². The van der Waals surface area contributed by atoms with Crippen molar-refractivity contribution in [1.82, 2.24) is 15.3 Å². The van der Waals surface area contributed by atoms with Crippen LogP contribution in [0.15, 0.2) is 35.9 Å². The van der Waals surface area contributed by atoms with E-state index in [0.717, 1.165) is 50.1 Å². The summed E-state index contributed by atoms with van der Waals surface area (Å²) < 4.78 is 38.9. The van der Waals surface area contributed by atoms with Gasteiger partial charge in [-0.1, -0.05) is 18.2 Å². The van der Waals surface area contributed by atoms with Crippen molar-refractivity contribution >= 4 is 5.91 Å². The topological polar surface area (TPSA) is 35.6 Å². The third-order valence-electron chi connectivity index (χ3n) is 5.34. The van der Waals surface area contributed by atoms with E-state index in [1.165, 1.54) is 6.07 Å². The molecule has 1 saturated heterocycles. The zero-order valence-electron chi connectivity index (χ0n) is 14.4. The summed E-state index contributed by atoms with van der Waals surface area (Å²) in [4.78, 5) is 14.9. The molecule has 140 valence electrons. The quantitative estimate of drug-likeness (QED) is 0.891. The molecule has 7 heteroatoms. The Balaban J connectivity index is 1.54. The van der Waals surface area contributed by atoms with E-state index in [-0.39, 0.29) is 24.4 Å². The summed E-state index contributed by atoms with van der Waals surface area (Å²) in [5.41, 5.74) is 3.99. The van der Waals surface area contributed by atoms with Gasteiger partial charge in [0.25, 0.3) is 0 Å². The Morgan fingerprint density at radius 1 is 1.27 bits per heavy atom. The maximum Gasteiger partial charge on any atom is 0.416 e. The monoisotopic (exact) mass is 365 g/mol. The maximum atomic E-state index is 13.2. The highest BCUT2D eigenvalue weighted by atomic mass is 19.4. The second-order valence-electron chi connectivity index (χ2n) is 7.32. The molecule has 1 aliphatic carbocycles. The van der Waals surface area contributed by atoms with Gasteiger partial charge in [-0.05, 0) is 37.0 Å². The van der Waals surface area contributed by atoms with Crippen LogP contribution < -0.4 is 5.43 Å². The lowest BCUT2D eigenvalue weighted by Crippen LogP contribution is -2.52. The Kier molecular flexibility index (Phi) is 4.52. The molecule has 4 rings (SSSR count). The Bertz CT molecular complexity index is 727. The molecule has 26 heavy (non-hydrogen) atoms. The van der Waals surface area contributed by atoms with Crippen LogP contribution in [0.25, 0.3) is 0 Å². The van der Waals surface area contributed by atoms with Crippen LogP contribution in [0.5, 0.6) is 0 Å². The van der Waals surface area contributed by atoms with Gasteiger partial charge in [-0.25, -0.2) is 5.01 Å². The molecular weight excluding hydrogens is 343 g/mol. The van der Waals surface area contributed by atoms with Gasteiger partial charge in [0.15, 0.2) is 0 Å². The first-order valence-corrected chi connectivity index (χ1v) is 9.07. The molecule has 4 nitrogen and oxygen atoms in total. The van der Waals surface area contributed by atoms with Crippen LogP contribution >= 0.6 is 0 Å². The molecule has 0 aromatic heterocycles. The number of carbonyl (C=O) groups is 1. The molecule has 2 atom stereocenters. The summed E-state index contributed by atoms with van der Waals surface area (Å²) in [7, 11) is 0. The molecule has 2 fully saturated rings. The van der Waals surface area contributed by atoms with Gasteiger partial charge in [-0.15, -0.1) is 0 Å². The molecule has 1 N–H and O–H groups in total. The predicted octanol–water partition coefficient (Wildman–Crippen LogP) is 2.96. The second kappa shape index (κ2) is 6.70. The van der Waals surface area contributed by atoms with E-state index < -0.39 is 11.7 Å². The first-order valence-electron chi connectivity index (χ1n) is 9.07. The highest BCUT2D eigenvalue weighted by molar-refractivity contribution is 5.94. The zero-order valence-corrected chi connectivity index (χ0v) is 14.4. The van der Waals surface area contributed by atoms with Gasteiger partial charge >= 0.3 is 6.18 Å². The summed E-state index contributed by atoms with van der Waals surface area (Å²) in [6.45, 7) is 2.60. The summed E-state index contributed by atoms with van der Waals surface area (Å²) in [6.07, 6.45) is 0.377. The number of halogens is 3. The molecule has 1 saturated carbocycles. The minimum absolute atomic E-state index is 0.00328. The summed E-state index contributed by atoms with van der Waals surface area (Å²) in [5, 5.41) is 2.11. The number of nitrogens with zero attached hydrogens (tertiary/aromatic N) is 2. The number of rotatable bonds is 4. The van der Waals surface area contributed by atoms with Gasteiger partial charge in [-0.3, -0.25) is 10.2 Å². The van der Waals surface area contributed by atoms with Crippen molar-refractivity contribution in [1.29, 1.82) is 0 Å². The number of nitrogens with one attached hydrogen (secondary N) is 1. The highest BCUT2D eigenvalue weighted by Gasteiger charge is 2.38. The Morgan fingerprint density at radius 3 is 2.81 bits per heavy atom. The van der Waals surface area contributed by atoms with Crippen LogP contribution in [-0.4, -0.2) is 41.5 Å². The number of carbonyl (C=O) groups excluding carboxylic acids is 1. The predicted molar refractivity (Wildman–Crippen MR) is 90.8 cm³/mol. The number of amides is 1. The summed E-state index contributed by atoms with van der Waals surface area (Å²) in [5.74, 6) is 0.205. The third-order valence-corrected chi connectivity index (χ3v) is 5.34. The first kappa shape index (κ1) is 17.5. The molecule has 0 spiro atoms. The Morgan fingerprint density at radius 2 is 2.08 bits per heavy atom. The van der Waals surface area contributed by atoms with Gasteiger partial charge in [0, 0.05) is 43.7 Å². The normalized spacial score (nSPS) is 25.6. The van der Waals surface area contributed by atoms with Crippen molar-refractivity contribution in [3.63, 3.8) is 0 Å². The lowest BCUT2D eigenvalue weighted by Gasteiger charge is -2.39. The highest BCUT2D eigenvalue weighted by Crippen LogP contribution is 2.34. The summed E-state index contributed by atoms with van der Waals surface area (Å²) >= 11 is 0. The number of benzene rings is 1. The van der Waals surface area contributed by atoms with E-state index >= 15 is 0 Å². The molecule has 2 aliphatic heterocycles. The lowest BCUT2D eigenvalue weighted by molar-refractivity contribution is -0.137. The van der Waals surface area contributed by atoms with Crippen molar-refractivity contribution in [2.75, 3.05) is 19.6 Å². The van der Waals surface area contributed by atoms with E-state index in [2.05, 4.69) is 10.4 Å². The van der Waals surface area contributed by atoms with Crippen molar-refractivity contribution < 1.29 is 18.0 Å². The molecule has 0 radical (unpaired) electrons. The number of hydrogen-bond acceptors (Lipinski definition) is 3. The van der Waals surface area contributed by atoms with Crippen molar-refractivity contribution in [2.24, 2.45) is 5.92 Å². The van der Waals surface area contributed by atoms with Gasteiger partial charge in [0.1, 0.15) is 0 Å². The molecule has 1 aromatic carbocycles. The van der Waals surface area contributed by atoms with E-state index in [9.17, 15) is 18.0 Å². The largest absolute Gasteiger partial charge is 0.416 e. The molecule has 2 unspecified atom stereocenters. The Labute approximate surface area is 150 Å². The van der Waals surface area contributed by atoms with E-state index in [4.69, 9.17) is 0 Å². The fourth-order valence-electron chi connectivity index (χ4n) is 3.81. The molecule has 1 amide bonds. The van der Waals surface area contributed by atoms with Gasteiger partial charge < -0.3 is 4.90 Å². The van der Waals surface area contributed by atoms with E-state index in [1.807, 2.05) is 6.08 Å². The van der Waals surface area contributed by atoms with Crippen LogP contribution in [0.4, 0.5) is 13.2 Å². The average Bonchev–Trinajstić information content (AvgIpc) is 3.44. The SMILES string of the molecule is O=C(C1=CCN2CC1CCN2)N(Cc1cccc(C(F)(F)F)c1)C1CC1. The molecule has 3 aliphatic rings. The Hall–Kier alpha value is -1.86. The number of hydrazine groups is 1. The number of alkyl halides is 3. The smallest absolute Gasteiger partial charge is 0.332 e. The van der Waals surface area contributed by atoms with Crippen LogP contribution in [0, 0.1) is 5.92 Å². The van der Waals surface area contributed by atoms with Gasteiger partial charge in [0.05, 0.1) is 5.56 Å². The minimum atomic E-state index is -4.37.